The van der Waals surface area contributed by atoms with E-state index in [1.165, 1.54) is 0 Å². The summed E-state index contributed by atoms with van der Waals surface area (Å²) in [5, 5.41) is 3.29. The SMILES string of the molecule is CCO[Si](OCC)(c1ccccc1)c1ccccc1.CO[Si](OC)(OC)c1ccccc1. The highest BCUT2D eigenvalue weighted by atomic mass is 28.4. The lowest BCUT2D eigenvalue weighted by Crippen LogP contribution is -2.63. The molecule has 0 aliphatic heterocycles. The number of hydrogen-bond donors (Lipinski definition) is 0. The lowest BCUT2D eigenvalue weighted by atomic mass is 10.4. The third kappa shape index (κ3) is 6.23. The lowest BCUT2D eigenvalue weighted by Gasteiger charge is -2.30. The minimum Gasteiger partial charge on any atom is -0.388 e. The molecule has 3 aromatic carbocycles. The van der Waals surface area contributed by atoms with Crippen molar-refractivity contribution in [3.8, 4) is 0 Å². The van der Waals surface area contributed by atoms with Crippen LogP contribution in [0.1, 0.15) is 13.8 Å². The van der Waals surface area contributed by atoms with Crippen LogP contribution in [-0.2, 0) is 22.1 Å². The molecule has 0 heterocycles. The zero-order valence-corrected chi connectivity index (χ0v) is 21.6. The average Bonchev–Trinajstić information content (AvgIpc) is 2.87. The quantitative estimate of drug-likeness (QED) is 0.426. The summed E-state index contributed by atoms with van der Waals surface area (Å²) in [5.41, 5.74) is 0. The Morgan fingerprint density at radius 2 is 0.812 bits per heavy atom. The van der Waals surface area contributed by atoms with E-state index < -0.39 is 17.4 Å². The molecule has 3 aromatic rings. The van der Waals surface area contributed by atoms with Crippen LogP contribution < -0.4 is 15.6 Å². The Balaban J connectivity index is 0.000000244. The van der Waals surface area contributed by atoms with Crippen molar-refractivity contribution in [3.63, 3.8) is 0 Å². The minimum absolute atomic E-state index is 0.649. The molecule has 0 unspecified atom stereocenters. The van der Waals surface area contributed by atoms with Crippen LogP contribution in [0.5, 0.6) is 0 Å². The van der Waals surface area contributed by atoms with Crippen molar-refractivity contribution >= 4 is 32.9 Å². The molecule has 3 rings (SSSR count). The van der Waals surface area contributed by atoms with E-state index in [2.05, 4.69) is 24.3 Å². The molecule has 0 bridgehead atoms. The van der Waals surface area contributed by atoms with Gasteiger partial charge in [-0.05, 0) is 24.2 Å². The van der Waals surface area contributed by atoms with Crippen LogP contribution in [0.15, 0.2) is 91.0 Å². The van der Waals surface area contributed by atoms with Crippen LogP contribution in [-0.4, -0.2) is 51.9 Å². The third-order valence-corrected chi connectivity index (χ3v) is 11.2. The molecule has 0 N–H and O–H groups in total. The van der Waals surface area contributed by atoms with Gasteiger partial charge in [0.25, 0.3) is 0 Å². The molecule has 0 spiro atoms. The Morgan fingerprint density at radius 1 is 0.500 bits per heavy atom. The van der Waals surface area contributed by atoms with Gasteiger partial charge in [-0.3, -0.25) is 0 Å². The average molecular weight is 471 g/mol. The second-order valence-electron chi connectivity index (χ2n) is 6.75. The summed E-state index contributed by atoms with van der Waals surface area (Å²) in [6.07, 6.45) is 0. The highest BCUT2D eigenvalue weighted by Crippen LogP contribution is 2.10. The fourth-order valence-electron chi connectivity index (χ4n) is 3.51. The molecule has 0 aromatic heterocycles. The highest BCUT2D eigenvalue weighted by Gasteiger charge is 2.42. The van der Waals surface area contributed by atoms with E-state index in [0.29, 0.717) is 13.2 Å². The smallest absolute Gasteiger partial charge is 0.388 e. The van der Waals surface area contributed by atoms with Crippen LogP contribution >= 0.6 is 0 Å². The third-order valence-electron chi connectivity index (χ3n) is 4.94. The van der Waals surface area contributed by atoms with Crippen molar-refractivity contribution in [2.75, 3.05) is 34.5 Å². The van der Waals surface area contributed by atoms with E-state index in [4.69, 9.17) is 22.1 Å². The van der Waals surface area contributed by atoms with Gasteiger partial charge < -0.3 is 22.1 Å². The van der Waals surface area contributed by atoms with Crippen LogP contribution in [0.3, 0.4) is 0 Å². The lowest BCUT2D eigenvalue weighted by molar-refractivity contribution is 0.140. The maximum atomic E-state index is 6.16. The molecule has 0 fully saturated rings. The van der Waals surface area contributed by atoms with Crippen molar-refractivity contribution in [2.24, 2.45) is 0 Å². The Morgan fingerprint density at radius 3 is 1.09 bits per heavy atom. The molecule has 0 radical (unpaired) electrons. The van der Waals surface area contributed by atoms with Gasteiger partial charge in [-0.1, -0.05) is 91.0 Å². The molecule has 0 saturated carbocycles. The van der Waals surface area contributed by atoms with Crippen LogP contribution in [0.2, 0.25) is 0 Å². The maximum absolute atomic E-state index is 6.16. The van der Waals surface area contributed by atoms with E-state index in [1.54, 1.807) is 21.3 Å². The maximum Gasteiger partial charge on any atom is 0.536 e. The Kier molecular flexibility index (Phi) is 11.0. The normalized spacial score (nSPS) is 11.5. The summed E-state index contributed by atoms with van der Waals surface area (Å²) in [5.74, 6) is 0. The fourth-order valence-corrected chi connectivity index (χ4v) is 8.48. The summed E-state index contributed by atoms with van der Waals surface area (Å²) in [6.45, 7) is 5.34. The van der Waals surface area contributed by atoms with E-state index in [0.717, 1.165) is 15.6 Å². The van der Waals surface area contributed by atoms with Gasteiger partial charge in [0, 0.05) is 39.7 Å². The fraction of sp³-hybridized carbons (Fsp3) is 0.280. The molecule has 0 atom stereocenters. The van der Waals surface area contributed by atoms with Gasteiger partial charge in [0.1, 0.15) is 0 Å². The first kappa shape index (κ1) is 26.1. The van der Waals surface area contributed by atoms with Gasteiger partial charge in [-0.25, -0.2) is 0 Å². The molecule has 0 saturated heterocycles. The Hall–Kier alpha value is -2.11. The zero-order chi connectivity index (χ0) is 23.3. The monoisotopic (exact) mass is 470 g/mol. The molecular weight excluding hydrogens is 436 g/mol. The highest BCUT2D eigenvalue weighted by molar-refractivity contribution is 6.92. The minimum atomic E-state index is -2.59. The summed E-state index contributed by atoms with van der Waals surface area (Å²) >= 11 is 0. The van der Waals surface area contributed by atoms with Crippen LogP contribution in [0.4, 0.5) is 0 Å². The first-order valence-corrected chi connectivity index (χ1v) is 14.3. The van der Waals surface area contributed by atoms with Crippen molar-refractivity contribution in [3.05, 3.63) is 91.0 Å². The van der Waals surface area contributed by atoms with Gasteiger partial charge >= 0.3 is 17.4 Å². The molecule has 32 heavy (non-hydrogen) atoms. The summed E-state index contributed by atoms with van der Waals surface area (Å²) in [7, 11) is -0.331. The summed E-state index contributed by atoms with van der Waals surface area (Å²) in [6, 6.07) is 30.3. The van der Waals surface area contributed by atoms with Gasteiger partial charge in [0.15, 0.2) is 0 Å². The summed E-state index contributed by atoms with van der Waals surface area (Å²) < 4.78 is 28.3. The molecule has 5 nitrogen and oxygen atoms in total. The van der Waals surface area contributed by atoms with E-state index in [1.807, 2.05) is 80.6 Å². The molecule has 0 aliphatic rings. The second kappa shape index (κ2) is 13.4. The van der Waals surface area contributed by atoms with Crippen molar-refractivity contribution in [2.45, 2.75) is 13.8 Å². The molecular formula is C25H34O5Si2. The van der Waals surface area contributed by atoms with Gasteiger partial charge in [0.05, 0.1) is 0 Å². The van der Waals surface area contributed by atoms with Gasteiger partial charge in [-0.15, -0.1) is 0 Å². The molecule has 7 heteroatoms. The number of rotatable bonds is 10. The number of hydrogen-bond acceptors (Lipinski definition) is 5. The van der Waals surface area contributed by atoms with Crippen molar-refractivity contribution < 1.29 is 22.1 Å². The van der Waals surface area contributed by atoms with E-state index >= 15 is 0 Å². The predicted octanol–water partition coefficient (Wildman–Crippen LogP) is 3.09. The largest absolute Gasteiger partial charge is 0.536 e. The zero-order valence-electron chi connectivity index (χ0n) is 19.6. The van der Waals surface area contributed by atoms with Crippen LogP contribution in [0, 0.1) is 0 Å². The predicted molar refractivity (Wildman–Crippen MR) is 134 cm³/mol. The topological polar surface area (TPSA) is 46.2 Å². The van der Waals surface area contributed by atoms with Crippen molar-refractivity contribution in [1.82, 2.24) is 0 Å². The number of benzene rings is 3. The molecule has 172 valence electrons. The molecule has 0 aliphatic carbocycles. The van der Waals surface area contributed by atoms with Crippen molar-refractivity contribution in [1.29, 1.82) is 0 Å². The second-order valence-corrected chi connectivity index (χ2v) is 12.6. The van der Waals surface area contributed by atoms with E-state index in [9.17, 15) is 0 Å². The van der Waals surface area contributed by atoms with Gasteiger partial charge in [-0.2, -0.15) is 0 Å². The first-order chi connectivity index (χ1) is 15.6. The van der Waals surface area contributed by atoms with E-state index in [-0.39, 0.29) is 0 Å². The standard InChI is InChI=1S/C16H20O2Si.C9H14O3Si/c1-3-17-19(18-4-2,15-11-7-5-8-12-15)16-13-9-6-10-14-16;1-10-13(11-2,12-3)9-7-5-4-6-8-9/h5-14H,3-4H2,1-2H3;4-8H,1-3H3. The molecule has 0 amide bonds. The first-order valence-electron chi connectivity index (χ1n) is 10.7. The Bertz CT molecular complexity index is 819. The summed E-state index contributed by atoms with van der Waals surface area (Å²) in [4.78, 5) is 0. The Labute approximate surface area is 194 Å². The van der Waals surface area contributed by atoms with Gasteiger partial charge in [0.2, 0.25) is 0 Å². The van der Waals surface area contributed by atoms with Crippen LogP contribution in [0.25, 0.3) is 0 Å².